The van der Waals surface area contributed by atoms with Crippen LogP contribution in [-0.2, 0) is 9.59 Å². The lowest BCUT2D eigenvalue weighted by atomic mass is 9.94. The van der Waals surface area contributed by atoms with Gasteiger partial charge in [0.1, 0.15) is 0 Å². The number of unbranched alkanes of at least 4 members (excludes halogenated alkanes) is 9. The van der Waals surface area contributed by atoms with Crippen molar-refractivity contribution in [2.75, 3.05) is 0 Å². The summed E-state index contributed by atoms with van der Waals surface area (Å²) >= 11 is 0. The molecule has 0 spiro atoms. The highest BCUT2D eigenvalue weighted by Crippen LogP contribution is 2.19. The molecule has 0 amide bonds. The normalized spacial score (nSPS) is 11.7. The molecule has 5 N–H and O–H groups in total. The Kier molecular flexibility index (Phi) is 18.1. The Morgan fingerprint density at radius 3 is 1.61 bits per heavy atom. The van der Waals surface area contributed by atoms with Crippen LogP contribution in [0.3, 0.4) is 0 Å². The summed E-state index contributed by atoms with van der Waals surface area (Å²) in [6.45, 7) is 2.16. The zero-order valence-electron chi connectivity index (χ0n) is 14.9. The summed E-state index contributed by atoms with van der Waals surface area (Å²) in [5.41, 5.74) is 0. The molecule has 0 bridgehead atoms. The van der Waals surface area contributed by atoms with E-state index in [0.29, 0.717) is 0 Å². The molecule has 0 aromatic rings. The Labute approximate surface area is 141 Å². The lowest BCUT2D eigenvalue weighted by Gasteiger charge is -2.11. The lowest BCUT2D eigenvalue weighted by molar-refractivity contribution is -0.142. The van der Waals surface area contributed by atoms with Crippen LogP contribution in [0.1, 0.15) is 96.8 Å². The smallest absolute Gasteiger partial charge is 0.306 e. The van der Waals surface area contributed by atoms with E-state index in [1.54, 1.807) is 0 Å². The molecular weight excluding hydrogens is 294 g/mol. The van der Waals surface area contributed by atoms with E-state index in [1.807, 2.05) is 0 Å². The van der Waals surface area contributed by atoms with Crippen molar-refractivity contribution < 1.29 is 19.8 Å². The number of hydrogen-bond acceptors (Lipinski definition) is 3. The monoisotopic (exact) mass is 331 g/mol. The highest BCUT2D eigenvalue weighted by molar-refractivity contribution is 5.69. The zero-order chi connectivity index (χ0) is 16.6. The molecule has 138 valence electrons. The van der Waals surface area contributed by atoms with Gasteiger partial charge in [-0.2, -0.15) is 0 Å². The molecule has 1 atom stereocenters. The van der Waals surface area contributed by atoms with Crippen LogP contribution >= 0.6 is 0 Å². The largest absolute Gasteiger partial charge is 0.481 e. The molecule has 0 aliphatic rings. The summed E-state index contributed by atoms with van der Waals surface area (Å²) in [4.78, 5) is 21.6. The quantitative estimate of drug-likeness (QED) is 0.327. The van der Waals surface area contributed by atoms with E-state index in [9.17, 15) is 14.7 Å². The Morgan fingerprint density at radius 1 is 0.739 bits per heavy atom. The zero-order valence-corrected chi connectivity index (χ0v) is 14.9. The highest BCUT2D eigenvalue weighted by atomic mass is 16.4. The minimum absolute atomic E-state index is 0. The number of rotatable bonds is 16. The number of aliphatic carboxylic acids is 2. The molecular formula is C18H37NO4. The molecule has 0 aliphatic carbocycles. The van der Waals surface area contributed by atoms with Gasteiger partial charge in [-0.3, -0.25) is 9.59 Å². The van der Waals surface area contributed by atoms with Crippen molar-refractivity contribution in [2.24, 2.45) is 5.92 Å². The van der Waals surface area contributed by atoms with E-state index in [4.69, 9.17) is 5.11 Å². The predicted octanol–water partition coefficient (Wildman–Crippen LogP) is 5.42. The van der Waals surface area contributed by atoms with Gasteiger partial charge in [0.15, 0.2) is 0 Å². The summed E-state index contributed by atoms with van der Waals surface area (Å²) in [5, 5.41) is 17.8. The van der Waals surface area contributed by atoms with Crippen LogP contribution in [0.25, 0.3) is 0 Å². The third-order valence-electron chi connectivity index (χ3n) is 4.20. The van der Waals surface area contributed by atoms with Gasteiger partial charge in [0.25, 0.3) is 0 Å². The van der Waals surface area contributed by atoms with E-state index in [0.717, 1.165) is 70.6 Å². The van der Waals surface area contributed by atoms with Gasteiger partial charge >= 0.3 is 11.9 Å². The van der Waals surface area contributed by atoms with Crippen molar-refractivity contribution in [3.63, 3.8) is 0 Å². The van der Waals surface area contributed by atoms with Crippen molar-refractivity contribution in [3.8, 4) is 0 Å². The second kappa shape index (κ2) is 17.3. The molecule has 0 radical (unpaired) electrons. The minimum atomic E-state index is -0.710. The predicted molar refractivity (Wildman–Crippen MR) is 94.1 cm³/mol. The van der Waals surface area contributed by atoms with Gasteiger partial charge in [-0.15, -0.1) is 0 Å². The maximum Gasteiger partial charge on any atom is 0.306 e. The van der Waals surface area contributed by atoms with Crippen LogP contribution in [0.5, 0.6) is 0 Å². The van der Waals surface area contributed by atoms with Crippen molar-refractivity contribution in [3.05, 3.63) is 0 Å². The van der Waals surface area contributed by atoms with Gasteiger partial charge in [-0.1, -0.05) is 71.1 Å². The second-order valence-corrected chi connectivity index (χ2v) is 6.29. The standard InChI is InChI=1S/C18H34O4.H3N/c1-2-3-4-10-13-16(18(21)22)14-11-8-6-5-7-9-12-15-17(19)20;/h16H,2-15H2,1H3,(H,19,20)(H,21,22);1H3. The van der Waals surface area contributed by atoms with Crippen LogP contribution in [0, 0.1) is 5.92 Å². The Bertz CT molecular complexity index is 295. The average Bonchev–Trinajstić information content (AvgIpc) is 2.46. The number of carboxylic acid groups (broad SMARTS) is 2. The van der Waals surface area contributed by atoms with Crippen LogP contribution in [0.2, 0.25) is 0 Å². The van der Waals surface area contributed by atoms with Crippen molar-refractivity contribution in [2.45, 2.75) is 96.8 Å². The van der Waals surface area contributed by atoms with Gasteiger partial charge in [0.2, 0.25) is 0 Å². The summed E-state index contributed by atoms with van der Waals surface area (Å²) in [6, 6.07) is 0. The van der Waals surface area contributed by atoms with E-state index >= 15 is 0 Å². The van der Waals surface area contributed by atoms with E-state index in [-0.39, 0.29) is 18.5 Å². The minimum Gasteiger partial charge on any atom is -0.481 e. The first-order valence-corrected chi connectivity index (χ1v) is 9.02. The van der Waals surface area contributed by atoms with Crippen molar-refractivity contribution in [1.29, 1.82) is 0 Å². The van der Waals surface area contributed by atoms with Gasteiger partial charge in [0.05, 0.1) is 5.92 Å². The van der Waals surface area contributed by atoms with E-state index in [1.165, 1.54) is 12.8 Å². The molecule has 23 heavy (non-hydrogen) atoms. The Balaban J connectivity index is 0. The van der Waals surface area contributed by atoms with Crippen molar-refractivity contribution in [1.82, 2.24) is 6.15 Å². The van der Waals surface area contributed by atoms with Crippen molar-refractivity contribution >= 4 is 11.9 Å². The number of carboxylic acids is 2. The third kappa shape index (κ3) is 17.1. The molecule has 0 heterocycles. The number of hydrogen-bond donors (Lipinski definition) is 3. The van der Waals surface area contributed by atoms with Gasteiger partial charge in [-0.05, 0) is 19.3 Å². The topological polar surface area (TPSA) is 110 Å². The summed E-state index contributed by atoms with van der Waals surface area (Å²) in [6.07, 6.45) is 13.7. The van der Waals surface area contributed by atoms with Crippen LogP contribution in [0.15, 0.2) is 0 Å². The SMILES string of the molecule is CCCCCCC(CCCCCCCCCC(=O)O)C(=O)O.N. The molecule has 0 aromatic carbocycles. The Hall–Kier alpha value is -1.10. The summed E-state index contributed by atoms with van der Waals surface area (Å²) in [7, 11) is 0. The first kappa shape index (κ1) is 24.2. The molecule has 0 aromatic heterocycles. The van der Waals surface area contributed by atoms with Crippen LogP contribution in [-0.4, -0.2) is 22.2 Å². The van der Waals surface area contributed by atoms with Crippen LogP contribution < -0.4 is 6.15 Å². The lowest BCUT2D eigenvalue weighted by Crippen LogP contribution is -2.13. The fraction of sp³-hybridized carbons (Fsp3) is 0.889. The molecule has 5 nitrogen and oxygen atoms in total. The number of carbonyl (C=O) groups is 2. The molecule has 1 unspecified atom stereocenters. The molecule has 5 heteroatoms. The van der Waals surface area contributed by atoms with E-state index < -0.39 is 11.9 Å². The molecule has 0 aliphatic heterocycles. The Morgan fingerprint density at radius 2 is 1.17 bits per heavy atom. The fourth-order valence-electron chi connectivity index (χ4n) is 2.76. The second-order valence-electron chi connectivity index (χ2n) is 6.29. The molecule has 0 saturated heterocycles. The van der Waals surface area contributed by atoms with Gasteiger partial charge < -0.3 is 16.4 Å². The van der Waals surface area contributed by atoms with Crippen LogP contribution in [0.4, 0.5) is 0 Å². The molecule has 0 saturated carbocycles. The van der Waals surface area contributed by atoms with Gasteiger partial charge in [0, 0.05) is 6.42 Å². The maximum absolute atomic E-state index is 11.2. The summed E-state index contributed by atoms with van der Waals surface area (Å²) < 4.78 is 0. The van der Waals surface area contributed by atoms with E-state index in [2.05, 4.69) is 6.92 Å². The molecule has 0 rings (SSSR count). The fourth-order valence-corrected chi connectivity index (χ4v) is 2.76. The van der Waals surface area contributed by atoms with Gasteiger partial charge in [-0.25, -0.2) is 0 Å². The third-order valence-corrected chi connectivity index (χ3v) is 4.20. The first-order chi connectivity index (χ1) is 10.6. The first-order valence-electron chi connectivity index (χ1n) is 9.02. The summed E-state index contributed by atoms with van der Waals surface area (Å²) in [5.74, 6) is -1.50. The highest BCUT2D eigenvalue weighted by Gasteiger charge is 2.16. The average molecular weight is 331 g/mol. The maximum atomic E-state index is 11.2. The molecule has 0 fully saturated rings.